The lowest BCUT2D eigenvalue weighted by atomic mass is 9.94. The molecule has 1 fully saturated rings. The summed E-state index contributed by atoms with van der Waals surface area (Å²) >= 11 is 3.57. The molecule has 0 radical (unpaired) electrons. The molecule has 2 rings (SSSR count). The van der Waals surface area contributed by atoms with Gasteiger partial charge < -0.3 is 5.11 Å². The molecule has 1 aromatic carbocycles. The van der Waals surface area contributed by atoms with Crippen molar-refractivity contribution in [3.63, 3.8) is 0 Å². The number of halogens is 1. The summed E-state index contributed by atoms with van der Waals surface area (Å²) in [4.78, 5) is 2.54. The van der Waals surface area contributed by atoms with Crippen LogP contribution < -0.4 is 0 Å². The highest BCUT2D eigenvalue weighted by molar-refractivity contribution is 9.10. The van der Waals surface area contributed by atoms with Crippen molar-refractivity contribution >= 4 is 15.9 Å². The van der Waals surface area contributed by atoms with Crippen LogP contribution in [0.4, 0.5) is 0 Å². The Morgan fingerprint density at radius 1 is 1.28 bits per heavy atom. The van der Waals surface area contributed by atoms with Gasteiger partial charge in [-0.1, -0.05) is 42.1 Å². The molecule has 0 heterocycles. The lowest BCUT2D eigenvalue weighted by Crippen LogP contribution is -2.36. The summed E-state index contributed by atoms with van der Waals surface area (Å²) in [5.41, 5.74) is 1.18. The summed E-state index contributed by atoms with van der Waals surface area (Å²) in [6.07, 6.45) is 6.77. The number of aromatic hydroxyl groups is 1. The van der Waals surface area contributed by atoms with Crippen LogP contribution in [0.25, 0.3) is 0 Å². The van der Waals surface area contributed by atoms with Crippen LogP contribution in [0.1, 0.15) is 44.6 Å². The number of rotatable bonds is 4. The molecule has 0 aliphatic heterocycles. The number of hydrogen-bond donors (Lipinski definition) is 1. The number of benzene rings is 1. The van der Waals surface area contributed by atoms with E-state index in [-0.39, 0.29) is 0 Å². The van der Waals surface area contributed by atoms with Crippen molar-refractivity contribution in [3.05, 3.63) is 28.2 Å². The molecule has 18 heavy (non-hydrogen) atoms. The molecule has 0 aromatic heterocycles. The van der Waals surface area contributed by atoms with Gasteiger partial charge in [-0.25, -0.2) is 0 Å². The third kappa shape index (κ3) is 3.48. The van der Waals surface area contributed by atoms with Crippen molar-refractivity contribution in [3.8, 4) is 5.75 Å². The fraction of sp³-hybridized carbons (Fsp3) is 0.600. The van der Waals surface area contributed by atoms with E-state index in [1.54, 1.807) is 6.07 Å². The van der Waals surface area contributed by atoms with Crippen LogP contribution in [-0.2, 0) is 6.54 Å². The van der Waals surface area contributed by atoms with E-state index in [9.17, 15) is 5.11 Å². The average Bonchev–Trinajstić information content (AvgIpc) is 2.41. The second-order valence-electron chi connectivity index (χ2n) is 5.13. The highest BCUT2D eigenvalue weighted by Crippen LogP contribution is 2.27. The van der Waals surface area contributed by atoms with E-state index in [1.165, 1.54) is 37.7 Å². The fourth-order valence-electron chi connectivity index (χ4n) is 2.85. The van der Waals surface area contributed by atoms with Gasteiger partial charge in [0.1, 0.15) is 5.75 Å². The van der Waals surface area contributed by atoms with E-state index in [0.29, 0.717) is 5.75 Å². The first kappa shape index (κ1) is 13.9. The molecule has 1 aliphatic carbocycles. The van der Waals surface area contributed by atoms with Gasteiger partial charge in [0.15, 0.2) is 0 Å². The normalized spacial score (nSPS) is 17.3. The van der Waals surface area contributed by atoms with Crippen LogP contribution in [0, 0.1) is 0 Å². The second-order valence-corrected chi connectivity index (χ2v) is 5.98. The van der Waals surface area contributed by atoms with Gasteiger partial charge in [0.05, 0.1) is 0 Å². The zero-order valence-corrected chi connectivity index (χ0v) is 12.6. The zero-order chi connectivity index (χ0) is 13.0. The van der Waals surface area contributed by atoms with Gasteiger partial charge in [-0.05, 0) is 43.1 Å². The molecule has 3 heteroatoms. The van der Waals surface area contributed by atoms with Crippen LogP contribution in [-0.4, -0.2) is 22.6 Å². The number of hydrogen-bond acceptors (Lipinski definition) is 2. The van der Waals surface area contributed by atoms with Crippen LogP contribution in [0.15, 0.2) is 22.7 Å². The van der Waals surface area contributed by atoms with E-state index >= 15 is 0 Å². The van der Waals surface area contributed by atoms with Crippen molar-refractivity contribution in [1.82, 2.24) is 4.90 Å². The maximum absolute atomic E-state index is 9.59. The summed E-state index contributed by atoms with van der Waals surface area (Å²) < 4.78 is 1.09. The zero-order valence-electron chi connectivity index (χ0n) is 11.0. The smallest absolute Gasteiger partial charge is 0.115 e. The van der Waals surface area contributed by atoms with E-state index in [1.807, 2.05) is 12.1 Å². The van der Waals surface area contributed by atoms with Crippen molar-refractivity contribution in [2.45, 2.75) is 51.6 Å². The minimum Gasteiger partial charge on any atom is -0.508 e. The molecule has 1 N–H and O–H groups in total. The van der Waals surface area contributed by atoms with E-state index in [4.69, 9.17) is 0 Å². The van der Waals surface area contributed by atoms with E-state index in [2.05, 4.69) is 27.8 Å². The SMILES string of the molecule is CCN(Cc1cc(O)ccc1Br)C1CCCCC1. The Labute approximate surface area is 118 Å². The Morgan fingerprint density at radius 2 is 2.00 bits per heavy atom. The number of phenols is 1. The van der Waals surface area contributed by atoms with Gasteiger partial charge in [0, 0.05) is 17.1 Å². The number of nitrogens with zero attached hydrogens (tertiary/aromatic N) is 1. The molecule has 0 saturated heterocycles. The highest BCUT2D eigenvalue weighted by Gasteiger charge is 2.20. The van der Waals surface area contributed by atoms with Gasteiger partial charge >= 0.3 is 0 Å². The molecule has 2 nitrogen and oxygen atoms in total. The van der Waals surface area contributed by atoms with Crippen LogP contribution in [0.3, 0.4) is 0 Å². The lowest BCUT2D eigenvalue weighted by Gasteiger charge is -2.33. The summed E-state index contributed by atoms with van der Waals surface area (Å²) in [5, 5.41) is 9.59. The minimum atomic E-state index is 0.355. The first-order valence-corrected chi connectivity index (χ1v) is 7.71. The topological polar surface area (TPSA) is 23.5 Å². The molecule has 0 unspecified atom stereocenters. The molecule has 1 aromatic rings. The standard InChI is InChI=1S/C15H22BrNO/c1-2-17(13-6-4-3-5-7-13)11-12-10-14(18)8-9-15(12)16/h8-10,13,18H,2-7,11H2,1H3. The monoisotopic (exact) mass is 311 g/mol. The Bertz CT molecular complexity index is 388. The fourth-order valence-corrected chi connectivity index (χ4v) is 3.22. The third-order valence-corrected chi connectivity index (χ3v) is 4.67. The maximum Gasteiger partial charge on any atom is 0.115 e. The van der Waals surface area contributed by atoms with Gasteiger partial charge in [0.25, 0.3) is 0 Å². The highest BCUT2D eigenvalue weighted by atomic mass is 79.9. The van der Waals surface area contributed by atoms with Crippen molar-refractivity contribution in [1.29, 1.82) is 0 Å². The summed E-state index contributed by atoms with van der Waals surface area (Å²) in [5.74, 6) is 0.355. The average molecular weight is 312 g/mol. The predicted molar refractivity (Wildman–Crippen MR) is 78.8 cm³/mol. The lowest BCUT2D eigenvalue weighted by molar-refractivity contribution is 0.155. The number of phenolic OH excluding ortho intramolecular Hbond substituents is 1. The van der Waals surface area contributed by atoms with E-state index in [0.717, 1.165) is 23.6 Å². The van der Waals surface area contributed by atoms with Gasteiger partial charge in [-0.3, -0.25) is 4.90 Å². The Kier molecular flexibility index (Phi) is 5.07. The molecule has 1 saturated carbocycles. The maximum atomic E-state index is 9.59. The Morgan fingerprint density at radius 3 is 2.67 bits per heavy atom. The van der Waals surface area contributed by atoms with Gasteiger partial charge in [-0.2, -0.15) is 0 Å². The molecule has 0 bridgehead atoms. The Hall–Kier alpha value is -0.540. The Balaban J connectivity index is 2.06. The summed E-state index contributed by atoms with van der Waals surface area (Å²) in [6, 6.07) is 6.25. The third-order valence-electron chi connectivity index (χ3n) is 3.90. The largest absolute Gasteiger partial charge is 0.508 e. The van der Waals surface area contributed by atoms with Crippen molar-refractivity contribution in [2.75, 3.05) is 6.54 Å². The van der Waals surface area contributed by atoms with Crippen LogP contribution >= 0.6 is 15.9 Å². The minimum absolute atomic E-state index is 0.355. The first-order chi connectivity index (χ1) is 8.70. The quantitative estimate of drug-likeness (QED) is 0.895. The molecule has 0 atom stereocenters. The first-order valence-electron chi connectivity index (χ1n) is 6.92. The molecular formula is C15H22BrNO. The van der Waals surface area contributed by atoms with Crippen LogP contribution in [0.2, 0.25) is 0 Å². The predicted octanol–water partition coefficient (Wildman–Crippen LogP) is 4.31. The molecule has 0 amide bonds. The molecule has 1 aliphatic rings. The molecular weight excluding hydrogens is 290 g/mol. The second kappa shape index (κ2) is 6.58. The molecule has 0 spiro atoms. The van der Waals surface area contributed by atoms with Gasteiger partial charge in [-0.15, -0.1) is 0 Å². The van der Waals surface area contributed by atoms with E-state index < -0.39 is 0 Å². The van der Waals surface area contributed by atoms with Crippen LogP contribution in [0.5, 0.6) is 5.75 Å². The van der Waals surface area contributed by atoms with Crippen molar-refractivity contribution in [2.24, 2.45) is 0 Å². The molecule has 100 valence electrons. The summed E-state index contributed by atoms with van der Waals surface area (Å²) in [7, 11) is 0. The summed E-state index contributed by atoms with van der Waals surface area (Å²) in [6.45, 7) is 4.23. The van der Waals surface area contributed by atoms with Crippen molar-refractivity contribution < 1.29 is 5.11 Å². The van der Waals surface area contributed by atoms with Gasteiger partial charge in [0.2, 0.25) is 0 Å².